The van der Waals surface area contributed by atoms with E-state index in [0.29, 0.717) is 11.5 Å². The number of aromatic nitrogens is 3. The summed E-state index contributed by atoms with van der Waals surface area (Å²) < 4.78 is 0. The Kier molecular flexibility index (Phi) is 3.99. The topological polar surface area (TPSA) is 88.0 Å². The molecule has 2 aromatic carbocycles. The standard InChI is InChI=1S/C20H14N4O2/c25-20(26)14-4-1-3-13(9-14)18-10-19(23-12-22-18)24-17-6-2-5-15-11-21-8-7-16(15)17/h1-12H,(H,25,26)(H,22,23,24). The van der Waals surface area contributed by atoms with E-state index in [1.54, 1.807) is 30.5 Å². The molecule has 0 aliphatic rings. The molecule has 0 radical (unpaired) electrons. The summed E-state index contributed by atoms with van der Waals surface area (Å²) >= 11 is 0. The van der Waals surface area contributed by atoms with Crippen molar-refractivity contribution in [2.75, 3.05) is 5.32 Å². The van der Waals surface area contributed by atoms with E-state index in [4.69, 9.17) is 5.11 Å². The molecule has 0 atom stereocenters. The monoisotopic (exact) mass is 342 g/mol. The smallest absolute Gasteiger partial charge is 0.335 e. The minimum Gasteiger partial charge on any atom is -0.478 e. The lowest BCUT2D eigenvalue weighted by Crippen LogP contribution is -1.98. The summed E-state index contributed by atoms with van der Waals surface area (Å²) in [6, 6.07) is 16.3. The minimum absolute atomic E-state index is 0.220. The van der Waals surface area contributed by atoms with Gasteiger partial charge in [0.2, 0.25) is 0 Å². The van der Waals surface area contributed by atoms with Crippen LogP contribution in [-0.4, -0.2) is 26.0 Å². The van der Waals surface area contributed by atoms with Crippen molar-refractivity contribution in [3.05, 3.63) is 78.9 Å². The highest BCUT2D eigenvalue weighted by molar-refractivity contribution is 5.94. The van der Waals surface area contributed by atoms with Crippen LogP contribution < -0.4 is 5.32 Å². The Morgan fingerprint density at radius 2 is 1.88 bits per heavy atom. The fraction of sp³-hybridized carbons (Fsp3) is 0. The molecular formula is C20H14N4O2. The summed E-state index contributed by atoms with van der Waals surface area (Å²) in [4.78, 5) is 23.8. The van der Waals surface area contributed by atoms with Gasteiger partial charge in [0.05, 0.1) is 11.3 Å². The Morgan fingerprint density at radius 1 is 1.00 bits per heavy atom. The Balaban J connectivity index is 1.70. The zero-order valence-corrected chi connectivity index (χ0v) is 13.6. The Labute approximate surface area is 149 Å². The second kappa shape index (κ2) is 6.60. The number of fused-ring (bicyclic) bond motifs is 1. The van der Waals surface area contributed by atoms with E-state index in [1.165, 1.54) is 6.33 Å². The first kappa shape index (κ1) is 15.7. The number of carboxylic acids is 1. The maximum atomic E-state index is 11.2. The van der Waals surface area contributed by atoms with Gasteiger partial charge in [-0.05, 0) is 24.3 Å². The van der Waals surface area contributed by atoms with Crippen LogP contribution in [0.2, 0.25) is 0 Å². The summed E-state index contributed by atoms with van der Waals surface area (Å²) in [5.41, 5.74) is 2.50. The predicted octanol–water partition coefficient (Wildman–Crippen LogP) is 4.13. The Hall–Kier alpha value is -3.80. The van der Waals surface area contributed by atoms with Gasteiger partial charge in [-0.25, -0.2) is 14.8 Å². The zero-order valence-electron chi connectivity index (χ0n) is 13.6. The van der Waals surface area contributed by atoms with Crippen molar-refractivity contribution in [1.82, 2.24) is 15.0 Å². The number of carboxylic acid groups (broad SMARTS) is 1. The number of nitrogens with one attached hydrogen (secondary N) is 1. The first-order valence-corrected chi connectivity index (χ1v) is 7.96. The summed E-state index contributed by atoms with van der Waals surface area (Å²) in [6.45, 7) is 0. The molecule has 126 valence electrons. The maximum Gasteiger partial charge on any atom is 0.335 e. The number of hydrogen-bond donors (Lipinski definition) is 2. The van der Waals surface area contributed by atoms with Gasteiger partial charge in [-0.1, -0.05) is 24.3 Å². The number of pyridine rings is 1. The fourth-order valence-corrected chi connectivity index (χ4v) is 2.76. The first-order valence-electron chi connectivity index (χ1n) is 7.96. The van der Waals surface area contributed by atoms with Crippen molar-refractivity contribution in [2.45, 2.75) is 0 Å². The highest BCUT2D eigenvalue weighted by atomic mass is 16.4. The lowest BCUT2D eigenvalue weighted by atomic mass is 10.1. The summed E-state index contributed by atoms with van der Waals surface area (Å²) in [7, 11) is 0. The van der Waals surface area contributed by atoms with E-state index < -0.39 is 5.97 Å². The molecule has 0 bridgehead atoms. The third kappa shape index (κ3) is 3.08. The van der Waals surface area contributed by atoms with Crippen LogP contribution in [-0.2, 0) is 0 Å². The molecule has 0 saturated carbocycles. The van der Waals surface area contributed by atoms with Crippen LogP contribution in [0.4, 0.5) is 11.5 Å². The zero-order chi connectivity index (χ0) is 17.9. The third-order valence-electron chi connectivity index (χ3n) is 4.02. The molecular weight excluding hydrogens is 328 g/mol. The number of aromatic carboxylic acids is 1. The van der Waals surface area contributed by atoms with Gasteiger partial charge >= 0.3 is 5.97 Å². The van der Waals surface area contributed by atoms with Gasteiger partial charge in [-0.15, -0.1) is 0 Å². The molecule has 0 amide bonds. The first-order chi connectivity index (χ1) is 12.7. The largest absolute Gasteiger partial charge is 0.478 e. The van der Waals surface area contributed by atoms with Crippen molar-refractivity contribution in [3.63, 3.8) is 0 Å². The van der Waals surface area contributed by atoms with E-state index in [0.717, 1.165) is 22.0 Å². The molecule has 2 N–H and O–H groups in total. The predicted molar refractivity (Wildman–Crippen MR) is 99.5 cm³/mol. The molecule has 4 rings (SSSR count). The summed E-state index contributed by atoms with van der Waals surface area (Å²) in [6.07, 6.45) is 5.01. The quantitative estimate of drug-likeness (QED) is 0.580. The Bertz CT molecular complexity index is 1110. The van der Waals surface area contributed by atoms with E-state index in [2.05, 4.69) is 20.3 Å². The average Bonchev–Trinajstić information content (AvgIpc) is 2.69. The SMILES string of the molecule is O=C(O)c1cccc(-c2cc(Nc3cccc4cnccc34)ncn2)c1. The van der Waals surface area contributed by atoms with Crippen molar-refractivity contribution in [1.29, 1.82) is 0 Å². The number of benzene rings is 2. The normalized spacial score (nSPS) is 10.6. The summed E-state index contributed by atoms with van der Waals surface area (Å²) in [5, 5.41) is 14.5. The van der Waals surface area contributed by atoms with E-state index in [1.807, 2.05) is 36.5 Å². The molecule has 6 heteroatoms. The maximum absolute atomic E-state index is 11.2. The van der Waals surface area contributed by atoms with Crippen LogP contribution in [0.5, 0.6) is 0 Å². The number of hydrogen-bond acceptors (Lipinski definition) is 5. The van der Waals surface area contributed by atoms with Crippen molar-refractivity contribution < 1.29 is 9.90 Å². The second-order valence-corrected chi connectivity index (χ2v) is 5.70. The molecule has 0 aliphatic heterocycles. The third-order valence-corrected chi connectivity index (χ3v) is 4.02. The van der Waals surface area contributed by atoms with Crippen LogP contribution in [0.1, 0.15) is 10.4 Å². The van der Waals surface area contributed by atoms with Crippen LogP contribution in [0.25, 0.3) is 22.0 Å². The van der Waals surface area contributed by atoms with Gasteiger partial charge in [0.25, 0.3) is 0 Å². The van der Waals surface area contributed by atoms with Gasteiger partial charge in [-0.3, -0.25) is 4.98 Å². The van der Waals surface area contributed by atoms with E-state index >= 15 is 0 Å². The second-order valence-electron chi connectivity index (χ2n) is 5.70. The molecule has 2 heterocycles. The fourth-order valence-electron chi connectivity index (χ4n) is 2.76. The highest BCUT2D eigenvalue weighted by Gasteiger charge is 2.08. The van der Waals surface area contributed by atoms with Gasteiger partial charge in [0.1, 0.15) is 12.1 Å². The Morgan fingerprint density at radius 3 is 2.77 bits per heavy atom. The van der Waals surface area contributed by atoms with Crippen molar-refractivity contribution in [2.24, 2.45) is 0 Å². The molecule has 0 fully saturated rings. The average molecular weight is 342 g/mol. The molecule has 4 aromatic rings. The van der Waals surface area contributed by atoms with E-state index in [9.17, 15) is 4.79 Å². The van der Waals surface area contributed by atoms with Crippen molar-refractivity contribution >= 4 is 28.2 Å². The molecule has 2 aromatic heterocycles. The van der Waals surface area contributed by atoms with Crippen LogP contribution >= 0.6 is 0 Å². The highest BCUT2D eigenvalue weighted by Crippen LogP contribution is 2.26. The van der Waals surface area contributed by atoms with Gasteiger partial charge in [-0.2, -0.15) is 0 Å². The lowest BCUT2D eigenvalue weighted by molar-refractivity contribution is 0.0697. The van der Waals surface area contributed by atoms with Gasteiger partial charge in [0.15, 0.2) is 0 Å². The van der Waals surface area contributed by atoms with Gasteiger partial charge < -0.3 is 10.4 Å². The molecule has 0 spiro atoms. The van der Waals surface area contributed by atoms with Gasteiger partial charge in [0, 0.05) is 40.5 Å². The molecule has 0 aliphatic carbocycles. The molecule has 6 nitrogen and oxygen atoms in total. The number of rotatable bonds is 4. The van der Waals surface area contributed by atoms with Crippen LogP contribution in [0, 0.1) is 0 Å². The number of nitrogens with zero attached hydrogens (tertiary/aromatic N) is 3. The van der Waals surface area contributed by atoms with Crippen molar-refractivity contribution in [3.8, 4) is 11.3 Å². The molecule has 0 unspecified atom stereocenters. The lowest BCUT2D eigenvalue weighted by Gasteiger charge is -2.10. The van der Waals surface area contributed by atoms with E-state index in [-0.39, 0.29) is 5.56 Å². The number of carbonyl (C=O) groups is 1. The molecule has 26 heavy (non-hydrogen) atoms. The minimum atomic E-state index is -0.969. The summed E-state index contributed by atoms with van der Waals surface area (Å²) in [5.74, 6) is -0.344. The van der Waals surface area contributed by atoms with Crippen LogP contribution in [0.3, 0.4) is 0 Å². The van der Waals surface area contributed by atoms with Crippen LogP contribution in [0.15, 0.2) is 73.3 Å². The molecule has 0 saturated heterocycles. The number of anilines is 2.